The van der Waals surface area contributed by atoms with Gasteiger partial charge >= 0.3 is 12.0 Å². The molecule has 0 aromatic rings. The summed E-state index contributed by atoms with van der Waals surface area (Å²) in [6, 6.07) is -0.175. The van der Waals surface area contributed by atoms with Crippen LogP contribution >= 0.6 is 0 Å². The number of amides is 2. The van der Waals surface area contributed by atoms with Crippen LogP contribution < -0.4 is 5.32 Å². The second kappa shape index (κ2) is 5.56. The van der Waals surface area contributed by atoms with Gasteiger partial charge in [-0.3, -0.25) is 4.79 Å². The molecule has 18 heavy (non-hydrogen) atoms. The number of carboxylic acid groups (broad SMARTS) is 1. The molecular weight excluding hydrogens is 236 g/mol. The Bertz CT molecular complexity index is 320. The Morgan fingerprint density at radius 2 is 1.83 bits per heavy atom. The molecule has 1 saturated heterocycles. The number of carboxylic acids is 1. The fraction of sp³-hybridized carbons (Fsp3) is 0.833. The topological polar surface area (TPSA) is 78.9 Å². The number of hydrogen-bond acceptors (Lipinski definition) is 3. The monoisotopic (exact) mass is 256 g/mol. The Labute approximate surface area is 106 Å². The van der Waals surface area contributed by atoms with Gasteiger partial charge in [-0.05, 0) is 12.8 Å². The van der Waals surface area contributed by atoms with E-state index in [1.807, 2.05) is 0 Å². The first-order valence-corrected chi connectivity index (χ1v) is 6.48. The molecule has 2 rings (SSSR count). The largest absolute Gasteiger partial charge is 0.481 e. The molecule has 2 N–H and O–H groups in total. The first-order chi connectivity index (χ1) is 8.64. The molecule has 0 bridgehead atoms. The number of carbonyl (C=O) groups is 2. The summed E-state index contributed by atoms with van der Waals surface area (Å²) in [6.45, 7) is 2.49. The Morgan fingerprint density at radius 1 is 1.22 bits per heavy atom. The molecule has 6 nitrogen and oxygen atoms in total. The van der Waals surface area contributed by atoms with Gasteiger partial charge in [-0.25, -0.2) is 4.79 Å². The maximum Gasteiger partial charge on any atom is 0.317 e. The van der Waals surface area contributed by atoms with E-state index >= 15 is 0 Å². The van der Waals surface area contributed by atoms with Gasteiger partial charge in [0, 0.05) is 19.6 Å². The molecule has 0 radical (unpaired) electrons. The van der Waals surface area contributed by atoms with Crippen molar-refractivity contribution in [1.29, 1.82) is 0 Å². The number of rotatable bonds is 3. The molecule has 2 fully saturated rings. The van der Waals surface area contributed by atoms with Crippen LogP contribution in [0.3, 0.4) is 0 Å². The van der Waals surface area contributed by atoms with Crippen molar-refractivity contribution in [3.8, 4) is 0 Å². The van der Waals surface area contributed by atoms with Gasteiger partial charge in [0.2, 0.25) is 0 Å². The van der Waals surface area contributed by atoms with Gasteiger partial charge < -0.3 is 20.1 Å². The van der Waals surface area contributed by atoms with Crippen LogP contribution in [0.5, 0.6) is 0 Å². The van der Waals surface area contributed by atoms with Crippen LogP contribution in [0.25, 0.3) is 0 Å². The number of morpholine rings is 1. The van der Waals surface area contributed by atoms with Crippen LogP contribution in [-0.4, -0.2) is 54.9 Å². The lowest BCUT2D eigenvalue weighted by Crippen LogP contribution is -2.50. The van der Waals surface area contributed by atoms with Crippen LogP contribution in [0.4, 0.5) is 4.79 Å². The zero-order chi connectivity index (χ0) is 13.0. The highest BCUT2D eigenvalue weighted by molar-refractivity contribution is 5.78. The van der Waals surface area contributed by atoms with Crippen molar-refractivity contribution in [2.24, 2.45) is 5.41 Å². The number of urea groups is 1. The van der Waals surface area contributed by atoms with Crippen LogP contribution in [0.15, 0.2) is 0 Å². The Morgan fingerprint density at radius 3 is 2.39 bits per heavy atom. The SMILES string of the molecule is O=C(NCC1(C(=O)O)CCCC1)N1CCOCC1. The molecule has 0 unspecified atom stereocenters. The fourth-order valence-corrected chi connectivity index (χ4v) is 2.64. The lowest BCUT2D eigenvalue weighted by molar-refractivity contribution is -0.148. The minimum atomic E-state index is -0.790. The average molecular weight is 256 g/mol. The normalized spacial score (nSPS) is 22.8. The zero-order valence-corrected chi connectivity index (χ0v) is 10.5. The van der Waals surface area contributed by atoms with Crippen LogP contribution in [0.2, 0.25) is 0 Å². The number of hydrogen-bond donors (Lipinski definition) is 2. The van der Waals surface area contributed by atoms with Gasteiger partial charge in [0.25, 0.3) is 0 Å². The number of nitrogens with one attached hydrogen (secondary N) is 1. The highest BCUT2D eigenvalue weighted by Gasteiger charge is 2.41. The average Bonchev–Trinajstić information content (AvgIpc) is 2.87. The third-order valence-corrected chi connectivity index (χ3v) is 3.89. The fourth-order valence-electron chi connectivity index (χ4n) is 2.64. The maximum absolute atomic E-state index is 11.9. The molecule has 1 aliphatic heterocycles. The molecule has 0 spiro atoms. The van der Waals surface area contributed by atoms with Gasteiger partial charge in [-0.2, -0.15) is 0 Å². The summed E-state index contributed by atoms with van der Waals surface area (Å²) in [6.07, 6.45) is 3.18. The molecule has 1 heterocycles. The lowest BCUT2D eigenvalue weighted by atomic mass is 9.86. The number of ether oxygens (including phenoxy) is 1. The first-order valence-electron chi connectivity index (χ1n) is 6.48. The molecule has 6 heteroatoms. The second-order valence-corrected chi connectivity index (χ2v) is 5.05. The summed E-state index contributed by atoms with van der Waals surface area (Å²) < 4.78 is 5.17. The van der Waals surface area contributed by atoms with Crippen LogP contribution in [0.1, 0.15) is 25.7 Å². The summed E-state index contributed by atoms with van der Waals surface area (Å²) >= 11 is 0. The zero-order valence-electron chi connectivity index (χ0n) is 10.5. The number of carbonyl (C=O) groups excluding carboxylic acids is 1. The van der Waals surface area contributed by atoms with Gasteiger partial charge in [-0.15, -0.1) is 0 Å². The van der Waals surface area contributed by atoms with Crippen molar-refractivity contribution in [3.05, 3.63) is 0 Å². The Kier molecular flexibility index (Phi) is 4.06. The molecule has 102 valence electrons. The molecular formula is C12H20N2O4. The molecule has 0 atom stereocenters. The lowest BCUT2D eigenvalue weighted by Gasteiger charge is -2.29. The predicted molar refractivity (Wildman–Crippen MR) is 64.3 cm³/mol. The van der Waals surface area contributed by atoms with Crippen molar-refractivity contribution in [3.63, 3.8) is 0 Å². The number of nitrogens with zero attached hydrogens (tertiary/aromatic N) is 1. The maximum atomic E-state index is 11.9. The summed E-state index contributed by atoms with van der Waals surface area (Å²) in [7, 11) is 0. The van der Waals surface area contributed by atoms with Crippen LogP contribution in [-0.2, 0) is 9.53 Å². The molecule has 2 amide bonds. The minimum Gasteiger partial charge on any atom is -0.481 e. The Balaban J connectivity index is 1.85. The van der Waals surface area contributed by atoms with Crippen molar-refractivity contribution in [2.45, 2.75) is 25.7 Å². The highest BCUT2D eigenvalue weighted by atomic mass is 16.5. The Hall–Kier alpha value is -1.30. The van der Waals surface area contributed by atoms with E-state index in [1.165, 1.54) is 0 Å². The summed E-state index contributed by atoms with van der Waals surface area (Å²) in [5, 5.41) is 12.1. The molecule has 0 aromatic heterocycles. The summed E-state index contributed by atoms with van der Waals surface area (Å²) in [5.74, 6) is -0.790. The van der Waals surface area contributed by atoms with Crippen molar-refractivity contribution >= 4 is 12.0 Å². The van der Waals surface area contributed by atoms with E-state index < -0.39 is 11.4 Å². The summed E-state index contributed by atoms with van der Waals surface area (Å²) in [4.78, 5) is 24.9. The highest BCUT2D eigenvalue weighted by Crippen LogP contribution is 2.37. The van der Waals surface area contributed by atoms with Crippen molar-refractivity contribution < 1.29 is 19.4 Å². The minimum absolute atomic E-state index is 0.175. The second-order valence-electron chi connectivity index (χ2n) is 5.05. The van der Waals surface area contributed by atoms with Crippen molar-refractivity contribution in [2.75, 3.05) is 32.8 Å². The third kappa shape index (κ3) is 2.75. The van der Waals surface area contributed by atoms with Gasteiger partial charge in [0.15, 0.2) is 0 Å². The van der Waals surface area contributed by atoms with E-state index in [9.17, 15) is 14.7 Å². The van der Waals surface area contributed by atoms with Crippen molar-refractivity contribution in [1.82, 2.24) is 10.2 Å². The standard InChI is InChI=1S/C12H20N2O4/c15-10(16)12(3-1-2-4-12)9-13-11(17)14-5-7-18-8-6-14/h1-9H2,(H,13,17)(H,15,16). The molecule has 1 aliphatic carbocycles. The third-order valence-electron chi connectivity index (χ3n) is 3.89. The predicted octanol–water partition coefficient (Wildman–Crippen LogP) is 0.673. The first kappa shape index (κ1) is 13.1. The van der Waals surface area contributed by atoms with E-state index in [4.69, 9.17) is 4.74 Å². The smallest absolute Gasteiger partial charge is 0.317 e. The summed E-state index contributed by atoms with van der Waals surface area (Å²) in [5.41, 5.74) is -0.748. The molecule has 1 saturated carbocycles. The van der Waals surface area contributed by atoms with E-state index in [0.29, 0.717) is 39.1 Å². The molecule has 2 aliphatic rings. The van der Waals surface area contributed by atoms with E-state index in [-0.39, 0.29) is 12.6 Å². The van der Waals surface area contributed by atoms with E-state index in [0.717, 1.165) is 12.8 Å². The quantitative estimate of drug-likeness (QED) is 0.778. The number of aliphatic carboxylic acids is 1. The van der Waals surface area contributed by atoms with Gasteiger partial charge in [0.1, 0.15) is 0 Å². The van der Waals surface area contributed by atoms with Crippen LogP contribution in [0, 0.1) is 5.41 Å². The van der Waals surface area contributed by atoms with Gasteiger partial charge in [0.05, 0.1) is 18.6 Å². The van der Waals surface area contributed by atoms with E-state index in [1.54, 1.807) is 4.90 Å². The van der Waals surface area contributed by atoms with Gasteiger partial charge in [-0.1, -0.05) is 12.8 Å². The van der Waals surface area contributed by atoms with E-state index in [2.05, 4.69) is 5.32 Å². The molecule has 0 aromatic carbocycles.